The Bertz CT molecular complexity index is 645. The molecule has 1 heterocycles. The standard InChI is InChI=1S/C17H22N4O/c1-5-21(6-2)17-18-11-10-14(19-17)16(22)20-15-12(3)8-7-9-13(15)4/h7-11H,5-6H2,1-4H3,(H,20,22). The normalized spacial score (nSPS) is 10.4. The number of aromatic nitrogens is 2. The van der Waals surface area contributed by atoms with E-state index < -0.39 is 0 Å². The fourth-order valence-electron chi connectivity index (χ4n) is 2.32. The number of amides is 1. The molecule has 0 aliphatic heterocycles. The van der Waals surface area contributed by atoms with Crippen LogP contribution >= 0.6 is 0 Å². The van der Waals surface area contributed by atoms with Crippen LogP contribution in [0.1, 0.15) is 35.5 Å². The molecule has 2 aromatic rings. The van der Waals surface area contributed by atoms with Crippen LogP contribution in [0.25, 0.3) is 0 Å². The van der Waals surface area contributed by atoms with E-state index in [1.54, 1.807) is 12.3 Å². The van der Waals surface area contributed by atoms with E-state index in [9.17, 15) is 4.79 Å². The first-order valence-corrected chi connectivity index (χ1v) is 7.52. The Hall–Kier alpha value is -2.43. The predicted octanol–water partition coefficient (Wildman–Crippen LogP) is 3.19. The van der Waals surface area contributed by atoms with Crippen molar-refractivity contribution < 1.29 is 4.79 Å². The quantitative estimate of drug-likeness (QED) is 0.921. The van der Waals surface area contributed by atoms with Crippen LogP contribution in [0.15, 0.2) is 30.5 Å². The van der Waals surface area contributed by atoms with Gasteiger partial charge in [-0.1, -0.05) is 18.2 Å². The van der Waals surface area contributed by atoms with Crippen LogP contribution in [0.3, 0.4) is 0 Å². The highest BCUT2D eigenvalue weighted by Crippen LogP contribution is 2.20. The Morgan fingerprint density at radius 1 is 1.14 bits per heavy atom. The van der Waals surface area contributed by atoms with E-state index in [-0.39, 0.29) is 5.91 Å². The Kier molecular flexibility index (Phi) is 5.09. The largest absolute Gasteiger partial charge is 0.341 e. The molecule has 1 aromatic heterocycles. The summed E-state index contributed by atoms with van der Waals surface area (Å²) in [5, 5.41) is 2.95. The molecule has 0 saturated heterocycles. The first kappa shape index (κ1) is 15.9. The molecule has 0 fully saturated rings. The lowest BCUT2D eigenvalue weighted by molar-refractivity contribution is 0.102. The molecule has 0 atom stereocenters. The molecular weight excluding hydrogens is 276 g/mol. The summed E-state index contributed by atoms with van der Waals surface area (Å²) in [6.07, 6.45) is 1.63. The lowest BCUT2D eigenvalue weighted by atomic mass is 10.1. The average molecular weight is 298 g/mol. The van der Waals surface area contributed by atoms with E-state index in [0.29, 0.717) is 11.6 Å². The molecule has 0 aliphatic carbocycles. The maximum absolute atomic E-state index is 12.5. The SMILES string of the molecule is CCN(CC)c1nccc(C(=O)Nc2c(C)cccc2C)n1. The van der Waals surface area contributed by atoms with Crippen molar-refractivity contribution in [2.75, 3.05) is 23.3 Å². The third kappa shape index (κ3) is 3.42. The van der Waals surface area contributed by atoms with Gasteiger partial charge in [-0.15, -0.1) is 0 Å². The monoisotopic (exact) mass is 298 g/mol. The number of carbonyl (C=O) groups excluding carboxylic acids is 1. The molecule has 0 radical (unpaired) electrons. The molecule has 5 nitrogen and oxygen atoms in total. The summed E-state index contributed by atoms with van der Waals surface area (Å²) in [6.45, 7) is 9.64. The summed E-state index contributed by atoms with van der Waals surface area (Å²) in [4.78, 5) is 23.1. The first-order valence-electron chi connectivity index (χ1n) is 7.52. The molecule has 0 aliphatic rings. The number of hydrogen-bond donors (Lipinski definition) is 1. The second kappa shape index (κ2) is 7.02. The number of anilines is 2. The van der Waals surface area contributed by atoms with Gasteiger partial charge in [0.25, 0.3) is 5.91 Å². The first-order chi connectivity index (χ1) is 10.6. The fourth-order valence-corrected chi connectivity index (χ4v) is 2.32. The Balaban J connectivity index is 2.25. The Morgan fingerprint density at radius 2 is 1.77 bits per heavy atom. The van der Waals surface area contributed by atoms with Crippen molar-refractivity contribution in [1.82, 2.24) is 9.97 Å². The average Bonchev–Trinajstić information content (AvgIpc) is 2.52. The maximum atomic E-state index is 12.5. The number of benzene rings is 1. The molecule has 1 N–H and O–H groups in total. The van der Waals surface area contributed by atoms with Gasteiger partial charge in [-0.25, -0.2) is 9.97 Å². The van der Waals surface area contributed by atoms with Crippen molar-refractivity contribution in [1.29, 1.82) is 0 Å². The molecule has 1 aromatic carbocycles. The zero-order valence-electron chi connectivity index (χ0n) is 13.6. The van der Waals surface area contributed by atoms with E-state index in [1.165, 1.54) is 0 Å². The molecular formula is C17H22N4O. The highest BCUT2D eigenvalue weighted by Gasteiger charge is 2.13. The number of nitrogens with one attached hydrogen (secondary N) is 1. The summed E-state index contributed by atoms with van der Waals surface area (Å²) < 4.78 is 0. The number of rotatable bonds is 5. The zero-order valence-corrected chi connectivity index (χ0v) is 13.6. The van der Waals surface area contributed by atoms with Gasteiger partial charge in [0.15, 0.2) is 0 Å². The third-order valence-electron chi connectivity index (χ3n) is 3.64. The van der Waals surface area contributed by atoms with Gasteiger partial charge < -0.3 is 10.2 Å². The minimum atomic E-state index is -0.215. The van der Waals surface area contributed by atoms with Crippen LogP contribution in [0.2, 0.25) is 0 Å². The van der Waals surface area contributed by atoms with E-state index in [0.717, 1.165) is 29.9 Å². The van der Waals surface area contributed by atoms with Crippen molar-refractivity contribution in [2.45, 2.75) is 27.7 Å². The van der Waals surface area contributed by atoms with Gasteiger partial charge >= 0.3 is 0 Å². The van der Waals surface area contributed by atoms with Crippen molar-refractivity contribution in [3.05, 3.63) is 47.3 Å². The molecule has 0 unspecified atom stereocenters. The van der Waals surface area contributed by atoms with Crippen LogP contribution in [-0.4, -0.2) is 29.0 Å². The zero-order chi connectivity index (χ0) is 16.1. The Labute approximate surface area is 131 Å². The summed E-state index contributed by atoms with van der Waals surface area (Å²) in [7, 11) is 0. The predicted molar refractivity (Wildman–Crippen MR) is 89.5 cm³/mol. The van der Waals surface area contributed by atoms with Gasteiger partial charge in [-0.05, 0) is 44.9 Å². The van der Waals surface area contributed by atoms with E-state index in [2.05, 4.69) is 15.3 Å². The third-order valence-corrected chi connectivity index (χ3v) is 3.64. The molecule has 2 rings (SSSR count). The number of carbonyl (C=O) groups is 1. The summed E-state index contributed by atoms with van der Waals surface area (Å²) in [5.41, 5.74) is 3.28. The summed E-state index contributed by atoms with van der Waals surface area (Å²) in [5.74, 6) is 0.368. The van der Waals surface area contributed by atoms with Gasteiger partial charge in [0.05, 0.1) is 0 Å². The van der Waals surface area contributed by atoms with E-state index in [4.69, 9.17) is 0 Å². The van der Waals surface area contributed by atoms with Crippen LogP contribution in [-0.2, 0) is 0 Å². The molecule has 22 heavy (non-hydrogen) atoms. The maximum Gasteiger partial charge on any atom is 0.274 e. The van der Waals surface area contributed by atoms with E-state index in [1.807, 2.05) is 50.8 Å². The molecule has 116 valence electrons. The topological polar surface area (TPSA) is 58.1 Å². The molecule has 0 spiro atoms. The summed E-state index contributed by atoms with van der Waals surface area (Å²) in [6, 6.07) is 7.56. The number of para-hydroxylation sites is 1. The molecule has 0 saturated carbocycles. The highest BCUT2D eigenvalue weighted by atomic mass is 16.1. The van der Waals surface area contributed by atoms with Gasteiger partial charge in [-0.3, -0.25) is 4.79 Å². The fraction of sp³-hybridized carbons (Fsp3) is 0.353. The second-order valence-corrected chi connectivity index (χ2v) is 5.14. The number of nitrogens with zero attached hydrogens (tertiary/aromatic N) is 3. The molecule has 5 heteroatoms. The van der Waals surface area contributed by atoms with Crippen LogP contribution < -0.4 is 10.2 Å². The Morgan fingerprint density at radius 3 is 2.36 bits per heavy atom. The lowest BCUT2D eigenvalue weighted by Gasteiger charge is -2.18. The van der Waals surface area contributed by atoms with E-state index >= 15 is 0 Å². The minimum Gasteiger partial charge on any atom is -0.341 e. The van der Waals surface area contributed by atoms with Crippen LogP contribution in [0, 0.1) is 13.8 Å². The van der Waals surface area contributed by atoms with Crippen LogP contribution in [0.4, 0.5) is 11.6 Å². The van der Waals surface area contributed by atoms with Crippen molar-refractivity contribution in [3.8, 4) is 0 Å². The lowest BCUT2D eigenvalue weighted by Crippen LogP contribution is -2.25. The number of aryl methyl sites for hydroxylation is 2. The van der Waals surface area contributed by atoms with Crippen molar-refractivity contribution in [2.24, 2.45) is 0 Å². The number of hydrogen-bond acceptors (Lipinski definition) is 4. The smallest absolute Gasteiger partial charge is 0.274 e. The van der Waals surface area contributed by atoms with Crippen LogP contribution in [0.5, 0.6) is 0 Å². The van der Waals surface area contributed by atoms with Gasteiger partial charge in [0.1, 0.15) is 5.69 Å². The van der Waals surface area contributed by atoms with Crippen molar-refractivity contribution in [3.63, 3.8) is 0 Å². The minimum absolute atomic E-state index is 0.215. The van der Waals surface area contributed by atoms with Gasteiger partial charge in [0.2, 0.25) is 5.95 Å². The molecule has 0 bridgehead atoms. The van der Waals surface area contributed by atoms with Gasteiger partial charge in [0, 0.05) is 25.0 Å². The molecule has 1 amide bonds. The van der Waals surface area contributed by atoms with Crippen molar-refractivity contribution >= 4 is 17.5 Å². The second-order valence-electron chi connectivity index (χ2n) is 5.14. The van der Waals surface area contributed by atoms with Gasteiger partial charge in [-0.2, -0.15) is 0 Å². The highest BCUT2D eigenvalue weighted by molar-refractivity contribution is 6.03. The summed E-state index contributed by atoms with van der Waals surface area (Å²) >= 11 is 0.